The quantitative estimate of drug-likeness (QED) is 0.674. The zero-order valence-corrected chi connectivity index (χ0v) is 12.2. The molecule has 1 N–H and O–H groups in total. The van der Waals surface area contributed by atoms with Crippen LogP contribution in [-0.2, 0) is 0 Å². The Hall–Kier alpha value is -1.18. The Morgan fingerprint density at radius 2 is 1.78 bits per heavy atom. The van der Waals surface area contributed by atoms with Crippen LogP contribution in [0.2, 0.25) is 0 Å². The molecule has 1 rings (SSSR count). The van der Waals surface area contributed by atoms with E-state index < -0.39 is 0 Å². The molecule has 0 saturated heterocycles. The summed E-state index contributed by atoms with van der Waals surface area (Å²) >= 11 is 0. The normalized spacial score (nSPS) is 12.5. The van der Waals surface area contributed by atoms with Gasteiger partial charge in [-0.05, 0) is 49.9 Å². The molecule has 1 aromatic rings. The molecule has 0 heterocycles. The van der Waals surface area contributed by atoms with Crippen molar-refractivity contribution >= 4 is 5.69 Å². The first-order chi connectivity index (χ1) is 8.61. The summed E-state index contributed by atoms with van der Waals surface area (Å²) in [6.07, 6.45) is 3.48. The Bertz CT molecular complexity index is 318. The molecule has 0 fully saturated rings. The van der Waals surface area contributed by atoms with E-state index in [2.05, 4.69) is 45.1 Å². The van der Waals surface area contributed by atoms with Crippen LogP contribution >= 0.6 is 0 Å². The third-order valence-electron chi connectivity index (χ3n) is 2.86. The summed E-state index contributed by atoms with van der Waals surface area (Å²) in [6, 6.07) is 8.79. The first-order valence-electron chi connectivity index (χ1n) is 7.11. The van der Waals surface area contributed by atoms with E-state index in [4.69, 9.17) is 4.74 Å². The second kappa shape index (κ2) is 8.02. The van der Waals surface area contributed by atoms with Crippen LogP contribution in [-0.4, -0.2) is 12.6 Å². The van der Waals surface area contributed by atoms with Gasteiger partial charge in [-0.25, -0.2) is 0 Å². The van der Waals surface area contributed by atoms with Crippen LogP contribution in [0.25, 0.3) is 0 Å². The average Bonchev–Trinajstić information content (AvgIpc) is 2.30. The molecule has 0 radical (unpaired) electrons. The number of ether oxygens (including phenoxy) is 1. The minimum atomic E-state index is 0.511. The van der Waals surface area contributed by atoms with Gasteiger partial charge in [0.1, 0.15) is 5.75 Å². The van der Waals surface area contributed by atoms with Gasteiger partial charge in [0, 0.05) is 11.7 Å². The molecular weight excluding hydrogens is 222 g/mol. The Kier molecular flexibility index (Phi) is 6.63. The van der Waals surface area contributed by atoms with Gasteiger partial charge in [-0.15, -0.1) is 0 Å². The van der Waals surface area contributed by atoms with Gasteiger partial charge in [-0.1, -0.05) is 27.2 Å². The van der Waals surface area contributed by atoms with Crippen LogP contribution in [0.1, 0.15) is 47.0 Å². The maximum Gasteiger partial charge on any atom is 0.119 e. The predicted molar refractivity (Wildman–Crippen MR) is 79.4 cm³/mol. The smallest absolute Gasteiger partial charge is 0.119 e. The lowest BCUT2D eigenvalue weighted by atomic mass is 10.1. The van der Waals surface area contributed by atoms with Crippen LogP contribution in [0.5, 0.6) is 5.75 Å². The third kappa shape index (κ3) is 5.95. The molecule has 0 saturated carbocycles. The van der Waals surface area contributed by atoms with Gasteiger partial charge < -0.3 is 10.1 Å². The van der Waals surface area contributed by atoms with Crippen LogP contribution in [0, 0.1) is 5.92 Å². The standard InChI is InChI=1S/C16H27NO/c1-5-6-11-18-16-9-7-15(8-10-16)17-14(4)12-13(2)3/h7-10,13-14,17H,5-6,11-12H2,1-4H3. The monoisotopic (exact) mass is 249 g/mol. The Balaban J connectivity index is 2.39. The van der Waals surface area contributed by atoms with Crippen molar-refractivity contribution in [3.8, 4) is 5.75 Å². The fourth-order valence-corrected chi connectivity index (χ4v) is 2.03. The van der Waals surface area contributed by atoms with E-state index in [1.54, 1.807) is 0 Å². The first kappa shape index (κ1) is 14.9. The highest BCUT2D eigenvalue weighted by Gasteiger charge is 2.04. The topological polar surface area (TPSA) is 21.3 Å². The number of benzene rings is 1. The zero-order valence-electron chi connectivity index (χ0n) is 12.2. The van der Waals surface area contributed by atoms with Crippen molar-refractivity contribution in [2.45, 2.75) is 53.0 Å². The van der Waals surface area contributed by atoms with Crippen molar-refractivity contribution in [2.75, 3.05) is 11.9 Å². The van der Waals surface area contributed by atoms with Gasteiger partial charge in [0.2, 0.25) is 0 Å². The van der Waals surface area contributed by atoms with Gasteiger partial charge in [0.25, 0.3) is 0 Å². The van der Waals surface area contributed by atoms with Crippen molar-refractivity contribution < 1.29 is 4.74 Å². The maximum atomic E-state index is 5.64. The van der Waals surface area contributed by atoms with Crippen molar-refractivity contribution in [1.82, 2.24) is 0 Å². The fourth-order valence-electron chi connectivity index (χ4n) is 2.03. The SMILES string of the molecule is CCCCOc1ccc(NC(C)CC(C)C)cc1. The molecule has 102 valence electrons. The number of anilines is 1. The van der Waals surface area contributed by atoms with Gasteiger partial charge in [-0.3, -0.25) is 0 Å². The molecule has 1 aromatic carbocycles. The summed E-state index contributed by atoms with van der Waals surface area (Å²) in [7, 11) is 0. The fraction of sp³-hybridized carbons (Fsp3) is 0.625. The van der Waals surface area contributed by atoms with Gasteiger partial charge in [0.15, 0.2) is 0 Å². The van der Waals surface area contributed by atoms with Gasteiger partial charge in [-0.2, -0.15) is 0 Å². The Morgan fingerprint density at radius 3 is 2.33 bits per heavy atom. The van der Waals surface area contributed by atoms with E-state index in [-0.39, 0.29) is 0 Å². The highest BCUT2D eigenvalue weighted by molar-refractivity contribution is 5.46. The second-order valence-corrected chi connectivity index (χ2v) is 5.40. The summed E-state index contributed by atoms with van der Waals surface area (Å²) in [5.41, 5.74) is 1.17. The van der Waals surface area contributed by atoms with Crippen molar-refractivity contribution in [3.63, 3.8) is 0 Å². The summed E-state index contributed by atoms with van der Waals surface area (Å²) < 4.78 is 5.64. The summed E-state index contributed by atoms with van der Waals surface area (Å²) in [6.45, 7) is 9.72. The minimum absolute atomic E-state index is 0.511. The molecule has 0 bridgehead atoms. The summed E-state index contributed by atoms with van der Waals surface area (Å²) in [4.78, 5) is 0. The lowest BCUT2D eigenvalue weighted by Crippen LogP contribution is -2.17. The van der Waals surface area contributed by atoms with Crippen LogP contribution < -0.4 is 10.1 Å². The van der Waals surface area contributed by atoms with Crippen LogP contribution in [0.4, 0.5) is 5.69 Å². The molecule has 0 amide bonds. The van der Waals surface area contributed by atoms with Crippen molar-refractivity contribution in [1.29, 1.82) is 0 Å². The van der Waals surface area contributed by atoms with Crippen LogP contribution in [0.15, 0.2) is 24.3 Å². The molecule has 0 aromatic heterocycles. The number of rotatable bonds is 8. The van der Waals surface area contributed by atoms with Crippen LogP contribution in [0.3, 0.4) is 0 Å². The molecule has 1 unspecified atom stereocenters. The van der Waals surface area contributed by atoms with E-state index in [9.17, 15) is 0 Å². The Morgan fingerprint density at radius 1 is 1.11 bits per heavy atom. The second-order valence-electron chi connectivity index (χ2n) is 5.40. The lowest BCUT2D eigenvalue weighted by molar-refractivity contribution is 0.309. The van der Waals surface area contributed by atoms with E-state index >= 15 is 0 Å². The lowest BCUT2D eigenvalue weighted by Gasteiger charge is -2.17. The Labute approximate surface area is 112 Å². The average molecular weight is 249 g/mol. The molecule has 2 nitrogen and oxygen atoms in total. The number of hydrogen-bond donors (Lipinski definition) is 1. The molecule has 1 atom stereocenters. The number of unbranched alkanes of at least 4 members (excludes halogenated alkanes) is 1. The summed E-state index contributed by atoms with van der Waals surface area (Å²) in [5.74, 6) is 1.69. The number of hydrogen-bond acceptors (Lipinski definition) is 2. The highest BCUT2D eigenvalue weighted by atomic mass is 16.5. The molecule has 0 spiro atoms. The minimum Gasteiger partial charge on any atom is -0.494 e. The van der Waals surface area contributed by atoms with E-state index in [1.165, 1.54) is 18.5 Å². The zero-order chi connectivity index (χ0) is 13.4. The third-order valence-corrected chi connectivity index (χ3v) is 2.86. The molecule has 18 heavy (non-hydrogen) atoms. The number of nitrogens with one attached hydrogen (secondary N) is 1. The molecule has 2 heteroatoms. The highest BCUT2D eigenvalue weighted by Crippen LogP contribution is 2.18. The molecule has 0 aliphatic rings. The predicted octanol–water partition coefficient (Wildman–Crippen LogP) is 4.71. The van der Waals surface area contributed by atoms with Crippen molar-refractivity contribution in [3.05, 3.63) is 24.3 Å². The van der Waals surface area contributed by atoms with E-state index in [1.807, 2.05) is 12.1 Å². The molecule has 0 aliphatic carbocycles. The van der Waals surface area contributed by atoms with Crippen molar-refractivity contribution in [2.24, 2.45) is 5.92 Å². The summed E-state index contributed by atoms with van der Waals surface area (Å²) in [5, 5.41) is 3.51. The first-order valence-corrected chi connectivity index (χ1v) is 7.11. The van der Waals surface area contributed by atoms with Gasteiger partial charge in [0.05, 0.1) is 6.61 Å². The maximum absolute atomic E-state index is 5.64. The molecular formula is C16H27NO. The van der Waals surface area contributed by atoms with E-state index in [0.29, 0.717) is 6.04 Å². The largest absolute Gasteiger partial charge is 0.494 e. The molecule has 0 aliphatic heterocycles. The van der Waals surface area contributed by atoms with Gasteiger partial charge >= 0.3 is 0 Å². The van der Waals surface area contributed by atoms with E-state index in [0.717, 1.165) is 24.7 Å².